The predicted molar refractivity (Wildman–Crippen MR) is 81.7 cm³/mol. The number of piperidine rings is 1. The first-order valence-electron chi connectivity index (χ1n) is 7.13. The minimum atomic E-state index is 0.204. The summed E-state index contributed by atoms with van der Waals surface area (Å²) in [6.07, 6.45) is 1.23. The second-order valence-corrected chi connectivity index (χ2v) is 6.89. The molecule has 1 aromatic carbocycles. The number of carbonyl (C=O) groups is 1. The van der Waals surface area contributed by atoms with Gasteiger partial charge in [-0.05, 0) is 36.1 Å². The van der Waals surface area contributed by atoms with Gasteiger partial charge in [-0.1, -0.05) is 32.9 Å². The van der Waals surface area contributed by atoms with Crippen LogP contribution >= 0.6 is 11.8 Å². The van der Waals surface area contributed by atoms with E-state index < -0.39 is 0 Å². The third kappa shape index (κ3) is 3.53. The van der Waals surface area contributed by atoms with E-state index in [4.69, 9.17) is 0 Å². The molecule has 2 nitrogen and oxygen atoms in total. The summed E-state index contributed by atoms with van der Waals surface area (Å²) in [5, 5.41) is 0. The molecule has 1 aliphatic heterocycles. The summed E-state index contributed by atoms with van der Waals surface area (Å²) < 4.78 is 0. The molecule has 3 heteroatoms. The second kappa shape index (κ2) is 6.47. The molecule has 0 unspecified atom stereocenters. The van der Waals surface area contributed by atoms with Crippen LogP contribution in [-0.2, 0) is 0 Å². The van der Waals surface area contributed by atoms with Crippen molar-refractivity contribution < 1.29 is 4.79 Å². The van der Waals surface area contributed by atoms with E-state index in [9.17, 15) is 4.79 Å². The number of amides is 1. The van der Waals surface area contributed by atoms with E-state index in [1.165, 1.54) is 6.42 Å². The quantitative estimate of drug-likeness (QED) is 0.781. The van der Waals surface area contributed by atoms with Crippen molar-refractivity contribution in [1.82, 2.24) is 4.90 Å². The molecule has 0 spiro atoms. The minimum absolute atomic E-state index is 0.204. The van der Waals surface area contributed by atoms with Crippen molar-refractivity contribution in [2.24, 2.45) is 11.8 Å². The largest absolute Gasteiger partial charge is 0.338 e. The number of likely N-dealkylation sites (tertiary alicyclic amines) is 1. The normalized spacial score (nSPS) is 23.4. The molecule has 0 aliphatic carbocycles. The van der Waals surface area contributed by atoms with E-state index in [2.05, 4.69) is 26.8 Å². The van der Waals surface area contributed by atoms with Crippen LogP contribution in [0.25, 0.3) is 0 Å². The predicted octanol–water partition coefficient (Wildman–Crippen LogP) is 3.92. The van der Waals surface area contributed by atoms with E-state index in [0.29, 0.717) is 11.8 Å². The van der Waals surface area contributed by atoms with E-state index >= 15 is 0 Å². The van der Waals surface area contributed by atoms with Gasteiger partial charge in [0.1, 0.15) is 0 Å². The number of thioether (sulfide) groups is 1. The average Bonchev–Trinajstić information content (AvgIpc) is 2.38. The zero-order valence-corrected chi connectivity index (χ0v) is 12.9. The standard InChI is InChI=1S/C16H23NOS/c1-4-19-15-8-6-5-7-14(15)16(18)17-10-12(2)9-13(3)11-17/h5-8,12-13H,4,9-11H2,1-3H3/t12-,13-/m1/s1. The van der Waals surface area contributed by atoms with Crippen LogP contribution in [0.5, 0.6) is 0 Å². The molecule has 19 heavy (non-hydrogen) atoms. The lowest BCUT2D eigenvalue weighted by molar-refractivity contribution is 0.0619. The van der Waals surface area contributed by atoms with Crippen molar-refractivity contribution in [1.29, 1.82) is 0 Å². The summed E-state index contributed by atoms with van der Waals surface area (Å²) in [4.78, 5) is 15.8. The van der Waals surface area contributed by atoms with Gasteiger partial charge in [-0.25, -0.2) is 0 Å². The summed E-state index contributed by atoms with van der Waals surface area (Å²) in [6, 6.07) is 7.99. The first-order valence-corrected chi connectivity index (χ1v) is 8.11. The number of benzene rings is 1. The van der Waals surface area contributed by atoms with Gasteiger partial charge >= 0.3 is 0 Å². The molecule has 1 aromatic rings. The third-order valence-corrected chi connectivity index (χ3v) is 4.53. The highest BCUT2D eigenvalue weighted by Gasteiger charge is 2.27. The van der Waals surface area contributed by atoms with Crippen LogP contribution in [0.3, 0.4) is 0 Å². The van der Waals surface area contributed by atoms with E-state index in [-0.39, 0.29) is 5.91 Å². The summed E-state index contributed by atoms with van der Waals surface area (Å²) in [5.74, 6) is 2.42. The molecular formula is C16H23NOS. The number of nitrogens with zero attached hydrogens (tertiary/aromatic N) is 1. The average molecular weight is 277 g/mol. The molecule has 1 fully saturated rings. The molecule has 1 saturated heterocycles. The van der Waals surface area contributed by atoms with Crippen LogP contribution in [0.15, 0.2) is 29.2 Å². The molecule has 1 heterocycles. The molecular weight excluding hydrogens is 254 g/mol. The van der Waals surface area contributed by atoms with E-state index in [0.717, 1.165) is 29.3 Å². The van der Waals surface area contributed by atoms with Gasteiger partial charge < -0.3 is 4.90 Å². The highest BCUT2D eigenvalue weighted by molar-refractivity contribution is 7.99. The fraction of sp³-hybridized carbons (Fsp3) is 0.562. The van der Waals surface area contributed by atoms with Crippen LogP contribution in [0.2, 0.25) is 0 Å². The molecule has 0 aromatic heterocycles. The van der Waals surface area contributed by atoms with E-state index in [1.807, 2.05) is 23.1 Å². The highest BCUT2D eigenvalue weighted by atomic mass is 32.2. The molecule has 2 rings (SSSR count). The van der Waals surface area contributed by atoms with E-state index in [1.54, 1.807) is 11.8 Å². The summed E-state index contributed by atoms with van der Waals surface area (Å²) >= 11 is 1.75. The Balaban J connectivity index is 2.19. The minimum Gasteiger partial charge on any atom is -0.338 e. The first kappa shape index (κ1) is 14.4. The van der Waals surface area contributed by atoms with Gasteiger partial charge in [-0.15, -0.1) is 11.8 Å². The monoisotopic (exact) mass is 277 g/mol. The Hall–Kier alpha value is -0.960. The van der Waals surface area contributed by atoms with Gasteiger partial charge in [0.15, 0.2) is 0 Å². The summed E-state index contributed by atoms with van der Waals surface area (Å²) in [5.41, 5.74) is 0.871. The molecule has 0 saturated carbocycles. The highest BCUT2D eigenvalue weighted by Crippen LogP contribution is 2.27. The first-order chi connectivity index (χ1) is 9.11. The zero-order valence-electron chi connectivity index (χ0n) is 12.1. The lowest BCUT2D eigenvalue weighted by Gasteiger charge is -2.35. The maximum absolute atomic E-state index is 12.7. The van der Waals surface area contributed by atoms with Crippen molar-refractivity contribution >= 4 is 17.7 Å². The van der Waals surface area contributed by atoms with Gasteiger partial charge in [0.05, 0.1) is 5.56 Å². The fourth-order valence-corrected chi connectivity index (χ4v) is 3.72. The van der Waals surface area contributed by atoms with Crippen LogP contribution < -0.4 is 0 Å². The maximum atomic E-state index is 12.7. The van der Waals surface area contributed by atoms with Crippen LogP contribution in [-0.4, -0.2) is 29.6 Å². The van der Waals surface area contributed by atoms with Crippen molar-refractivity contribution in [3.63, 3.8) is 0 Å². The van der Waals surface area contributed by atoms with Gasteiger partial charge in [0, 0.05) is 18.0 Å². The Labute approximate surface area is 120 Å². The zero-order chi connectivity index (χ0) is 13.8. The number of hydrogen-bond acceptors (Lipinski definition) is 2. The van der Waals surface area contributed by atoms with Crippen LogP contribution in [0.1, 0.15) is 37.6 Å². The van der Waals surface area contributed by atoms with Gasteiger partial charge in [-0.3, -0.25) is 4.79 Å². The van der Waals surface area contributed by atoms with Crippen LogP contribution in [0, 0.1) is 11.8 Å². The molecule has 0 N–H and O–H groups in total. The molecule has 0 radical (unpaired) electrons. The Kier molecular flexibility index (Phi) is 4.92. The summed E-state index contributed by atoms with van der Waals surface area (Å²) in [6.45, 7) is 8.39. The van der Waals surface area contributed by atoms with Crippen LogP contribution in [0.4, 0.5) is 0 Å². The third-order valence-electron chi connectivity index (χ3n) is 3.57. The number of hydrogen-bond donors (Lipinski definition) is 0. The Bertz CT molecular complexity index is 436. The molecule has 0 bridgehead atoms. The maximum Gasteiger partial charge on any atom is 0.255 e. The van der Waals surface area contributed by atoms with Crippen molar-refractivity contribution in [3.8, 4) is 0 Å². The SMILES string of the molecule is CCSc1ccccc1C(=O)N1C[C@H](C)C[C@@H](C)C1. The Morgan fingerprint density at radius 2 is 1.89 bits per heavy atom. The number of rotatable bonds is 3. The van der Waals surface area contributed by atoms with Gasteiger partial charge in [0.2, 0.25) is 0 Å². The summed E-state index contributed by atoms with van der Waals surface area (Å²) in [7, 11) is 0. The second-order valence-electron chi connectivity index (χ2n) is 5.59. The molecule has 2 atom stereocenters. The van der Waals surface area contributed by atoms with Crippen molar-refractivity contribution in [2.75, 3.05) is 18.8 Å². The fourth-order valence-electron chi connectivity index (χ4n) is 2.92. The van der Waals surface area contributed by atoms with Gasteiger partial charge in [0.25, 0.3) is 5.91 Å². The smallest absolute Gasteiger partial charge is 0.255 e. The van der Waals surface area contributed by atoms with Gasteiger partial charge in [-0.2, -0.15) is 0 Å². The Morgan fingerprint density at radius 3 is 2.53 bits per heavy atom. The topological polar surface area (TPSA) is 20.3 Å². The number of carbonyl (C=O) groups excluding carboxylic acids is 1. The van der Waals surface area contributed by atoms with Crippen molar-refractivity contribution in [2.45, 2.75) is 32.1 Å². The lowest BCUT2D eigenvalue weighted by atomic mass is 9.91. The van der Waals surface area contributed by atoms with Crippen molar-refractivity contribution in [3.05, 3.63) is 29.8 Å². The Morgan fingerprint density at radius 1 is 1.26 bits per heavy atom. The molecule has 104 valence electrons. The molecule has 1 aliphatic rings. The molecule has 1 amide bonds. The lowest BCUT2D eigenvalue weighted by Crippen LogP contribution is -2.42.